The van der Waals surface area contributed by atoms with Gasteiger partial charge in [-0.1, -0.05) is 40.7 Å². The number of hydrogen-bond donors (Lipinski definition) is 3. The zero-order valence-electron chi connectivity index (χ0n) is 12.4. The number of hydrogen-bond acceptors (Lipinski definition) is 3. The van der Waals surface area contributed by atoms with E-state index in [1.165, 1.54) is 0 Å². The molecule has 0 aliphatic rings. The van der Waals surface area contributed by atoms with Gasteiger partial charge in [0.15, 0.2) is 0 Å². The summed E-state index contributed by atoms with van der Waals surface area (Å²) in [5.74, 6) is 4.59. The number of hydrazine groups is 1. The highest BCUT2D eigenvalue weighted by Crippen LogP contribution is 2.37. The van der Waals surface area contributed by atoms with Crippen LogP contribution in [0.1, 0.15) is 57.0 Å². The molecule has 0 saturated carbocycles. The molecule has 4 nitrogen and oxygen atoms in total. The molecular weight excluding hydrogens is 240 g/mol. The largest absolute Gasteiger partial charge is 0.507 e. The average molecular weight is 264 g/mol. The molecule has 0 spiro atoms. The average Bonchev–Trinajstić information content (AvgIpc) is 2.25. The quantitative estimate of drug-likeness (QED) is 0.446. The lowest BCUT2D eigenvalue weighted by molar-refractivity contribution is 0.0951. The van der Waals surface area contributed by atoms with Crippen molar-refractivity contribution in [3.63, 3.8) is 0 Å². The Morgan fingerprint density at radius 2 is 1.84 bits per heavy atom. The zero-order chi connectivity index (χ0) is 14.8. The summed E-state index contributed by atoms with van der Waals surface area (Å²) in [7, 11) is 0. The van der Waals surface area contributed by atoms with Crippen molar-refractivity contribution in [3.05, 3.63) is 29.3 Å². The number of carbonyl (C=O) groups is 1. The van der Waals surface area contributed by atoms with Crippen LogP contribution in [0.25, 0.3) is 0 Å². The summed E-state index contributed by atoms with van der Waals surface area (Å²) in [5.41, 5.74) is 3.36. The summed E-state index contributed by atoms with van der Waals surface area (Å²) in [5, 5.41) is 9.72. The lowest BCUT2D eigenvalue weighted by Crippen LogP contribution is -2.31. The van der Waals surface area contributed by atoms with E-state index < -0.39 is 5.91 Å². The van der Waals surface area contributed by atoms with Crippen molar-refractivity contribution < 1.29 is 9.90 Å². The lowest BCUT2D eigenvalue weighted by atomic mass is 9.72. The van der Waals surface area contributed by atoms with Crippen LogP contribution in [0.3, 0.4) is 0 Å². The minimum absolute atomic E-state index is 0.0572. The molecule has 0 heterocycles. The molecule has 19 heavy (non-hydrogen) atoms. The van der Waals surface area contributed by atoms with E-state index in [2.05, 4.69) is 40.0 Å². The summed E-state index contributed by atoms with van der Waals surface area (Å²) in [4.78, 5) is 11.6. The molecule has 1 aromatic rings. The Hall–Kier alpha value is -1.55. The summed E-state index contributed by atoms with van der Waals surface area (Å²) in [6.45, 7) is 10.8. The van der Waals surface area contributed by atoms with Crippen LogP contribution in [-0.2, 0) is 5.41 Å². The van der Waals surface area contributed by atoms with E-state index in [1.807, 2.05) is 6.07 Å². The van der Waals surface area contributed by atoms with Gasteiger partial charge in [-0.3, -0.25) is 10.2 Å². The van der Waals surface area contributed by atoms with Gasteiger partial charge in [0.05, 0.1) is 5.56 Å². The Morgan fingerprint density at radius 3 is 2.32 bits per heavy atom. The molecule has 106 valence electrons. The first-order valence-corrected chi connectivity index (χ1v) is 6.41. The molecule has 0 aromatic heterocycles. The van der Waals surface area contributed by atoms with Crippen LogP contribution in [0.4, 0.5) is 0 Å². The number of amides is 1. The maximum atomic E-state index is 11.6. The molecule has 1 aromatic carbocycles. The maximum absolute atomic E-state index is 11.6. The molecule has 1 amide bonds. The molecule has 0 radical (unpaired) electrons. The fourth-order valence-electron chi connectivity index (χ4n) is 2.64. The molecule has 4 N–H and O–H groups in total. The zero-order valence-corrected chi connectivity index (χ0v) is 12.4. The first-order chi connectivity index (χ1) is 8.57. The number of phenolic OH excluding ortho intramolecular Hbond substituents is 1. The van der Waals surface area contributed by atoms with Gasteiger partial charge in [-0.15, -0.1) is 0 Å². The van der Waals surface area contributed by atoms with Crippen LogP contribution in [0.2, 0.25) is 0 Å². The topological polar surface area (TPSA) is 75.3 Å². The summed E-state index contributed by atoms with van der Waals surface area (Å²) in [6.07, 6.45) is 0.967. The number of benzene rings is 1. The fraction of sp³-hybridized carbons (Fsp3) is 0.533. The van der Waals surface area contributed by atoms with E-state index in [0.29, 0.717) is 0 Å². The predicted molar refractivity (Wildman–Crippen MR) is 76.9 cm³/mol. The minimum atomic E-state index is -0.481. The fourth-order valence-corrected chi connectivity index (χ4v) is 2.64. The van der Waals surface area contributed by atoms with E-state index >= 15 is 0 Å². The van der Waals surface area contributed by atoms with Gasteiger partial charge in [-0.05, 0) is 34.9 Å². The number of nitrogens with one attached hydrogen (secondary N) is 1. The van der Waals surface area contributed by atoms with Gasteiger partial charge in [0, 0.05) is 0 Å². The Balaban J connectivity index is 3.18. The molecule has 0 atom stereocenters. The van der Waals surface area contributed by atoms with E-state index in [-0.39, 0.29) is 22.1 Å². The Kier molecular flexibility index (Phi) is 4.25. The molecule has 0 aliphatic carbocycles. The molecule has 0 saturated heterocycles. The van der Waals surface area contributed by atoms with Crippen molar-refractivity contribution in [2.24, 2.45) is 11.3 Å². The third kappa shape index (κ3) is 3.96. The Morgan fingerprint density at radius 1 is 1.26 bits per heavy atom. The lowest BCUT2D eigenvalue weighted by Gasteiger charge is -2.33. The Bertz CT molecular complexity index is 474. The first-order valence-electron chi connectivity index (χ1n) is 6.41. The van der Waals surface area contributed by atoms with Crippen molar-refractivity contribution >= 4 is 5.91 Å². The molecule has 0 aliphatic heterocycles. The number of carbonyl (C=O) groups excluding carboxylic acids is 1. The van der Waals surface area contributed by atoms with Crippen molar-refractivity contribution in [1.82, 2.24) is 5.43 Å². The highest BCUT2D eigenvalue weighted by atomic mass is 16.3. The summed E-state index contributed by atoms with van der Waals surface area (Å²) < 4.78 is 0. The van der Waals surface area contributed by atoms with Crippen LogP contribution in [0.5, 0.6) is 5.75 Å². The van der Waals surface area contributed by atoms with Gasteiger partial charge in [0.1, 0.15) is 5.75 Å². The SMILES string of the molecule is CC(C)(C)CC(C)(C)c1ccc(O)c(C(=O)NN)c1. The number of rotatable bonds is 3. The molecule has 1 rings (SSSR count). The van der Waals surface area contributed by atoms with Crippen LogP contribution in [0.15, 0.2) is 18.2 Å². The van der Waals surface area contributed by atoms with Gasteiger partial charge in [-0.25, -0.2) is 5.84 Å². The standard InChI is InChI=1S/C15H24N2O2/c1-14(2,3)9-15(4,5)10-6-7-12(18)11(8-10)13(19)17-16/h6-8,18H,9,16H2,1-5H3,(H,17,19). The first kappa shape index (κ1) is 15.5. The summed E-state index contributed by atoms with van der Waals surface area (Å²) in [6, 6.07) is 5.11. The van der Waals surface area contributed by atoms with Crippen LogP contribution < -0.4 is 11.3 Å². The van der Waals surface area contributed by atoms with Crippen LogP contribution in [0, 0.1) is 5.41 Å². The number of phenols is 1. The van der Waals surface area contributed by atoms with Crippen molar-refractivity contribution in [1.29, 1.82) is 0 Å². The van der Waals surface area contributed by atoms with Crippen LogP contribution >= 0.6 is 0 Å². The number of aromatic hydroxyl groups is 1. The Labute approximate surface area is 115 Å². The van der Waals surface area contributed by atoms with Gasteiger partial charge in [0.2, 0.25) is 0 Å². The molecule has 0 unspecified atom stereocenters. The second-order valence-electron chi connectivity index (χ2n) is 6.83. The monoisotopic (exact) mass is 264 g/mol. The molecular formula is C15H24N2O2. The predicted octanol–water partition coefficient (Wildman–Crippen LogP) is 2.71. The van der Waals surface area contributed by atoms with Crippen molar-refractivity contribution in [2.45, 2.75) is 46.5 Å². The smallest absolute Gasteiger partial charge is 0.268 e. The van der Waals surface area contributed by atoms with Crippen molar-refractivity contribution in [2.75, 3.05) is 0 Å². The minimum Gasteiger partial charge on any atom is -0.507 e. The molecule has 0 fully saturated rings. The van der Waals surface area contributed by atoms with E-state index in [9.17, 15) is 9.90 Å². The molecule has 4 heteroatoms. The van der Waals surface area contributed by atoms with Crippen molar-refractivity contribution in [3.8, 4) is 5.75 Å². The summed E-state index contributed by atoms with van der Waals surface area (Å²) >= 11 is 0. The third-order valence-corrected chi connectivity index (χ3v) is 3.13. The number of nitrogen functional groups attached to an aromatic ring is 1. The van der Waals surface area contributed by atoms with E-state index in [4.69, 9.17) is 5.84 Å². The number of nitrogens with two attached hydrogens (primary N) is 1. The van der Waals surface area contributed by atoms with E-state index in [0.717, 1.165) is 12.0 Å². The van der Waals surface area contributed by atoms with Gasteiger partial charge in [-0.2, -0.15) is 0 Å². The highest BCUT2D eigenvalue weighted by Gasteiger charge is 2.28. The second kappa shape index (κ2) is 5.21. The van der Waals surface area contributed by atoms with E-state index in [1.54, 1.807) is 12.1 Å². The second-order valence-corrected chi connectivity index (χ2v) is 6.83. The molecule has 0 bridgehead atoms. The van der Waals surface area contributed by atoms with Crippen LogP contribution in [-0.4, -0.2) is 11.0 Å². The highest BCUT2D eigenvalue weighted by molar-refractivity contribution is 5.96. The maximum Gasteiger partial charge on any atom is 0.268 e. The van der Waals surface area contributed by atoms with Gasteiger partial charge >= 0.3 is 0 Å². The third-order valence-electron chi connectivity index (χ3n) is 3.13. The van der Waals surface area contributed by atoms with Gasteiger partial charge < -0.3 is 5.11 Å². The normalized spacial score (nSPS) is 12.3. The van der Waals surface area contributed by atoms with Gasteiger partial charge in [0.25, 0.3) is 5.91 Å².